The van der Waals surface area contributed by atoms with Crippen molar-refractivity contribution in [3.63, 3.8) is 0 Å². The number of aromatic nitrogens is 2. The van der Waals surface area contributed by atoms with E-state index in [2.05, 4.69) is 9.97 Å². The second kappa shape index (κ2) is 6.04. The van der Waals surface area contributed by atoms with Gasteiger partial charge < -0.3 is 10.5 Å². The Bertz CT molecular complexity index is 533. The largest absolute Gasteiger partial charge is 0.384 e. The highest BCUT2D eigenvalue weighted by molar-refractivity contribution is 7.99. The Morgan fingerprint density at radius 1 is 1.28 bits per heavy atom. The molecule has 0 spiro atoms. The Balaban J connectivity index is 2.20. The monoisotopic (exact) mass is 281 g/mol. The minimum Gasteiger partial charge on any atom is -0.384 e. The maximum Gasteiger partial charge on any atom is 0.157 e. The normalized spacial score (nSPS) is 10.6. The molecule has 4 nitrogen and oxygen atoms in total. The number of benzene rings is 1. The molecule has 1 aromatic carbocycles. The van der Waals surface area contributed by atoms with Crippen LogP contribution in [-0.4, -0.2) is 17.1 Å². The zero-order valence-electron chi connectivity index (χ0n) is 9.76. The Hall–Kier alpha value is -1.30. The minimum absolute atomic E-state index is 0.346. The molecule has 0 aliphatic rings. The van der Waals surface area contributed by atoms with Gasteiger partial charge in [-0.1, -0.05) is 23.4 Å². The second-order valence-corrected chi connectivity index (χ2v) is 5.07. The van der Waals surface area contributed by atoms with Gasteiger partial charge in [-0.2, -0.15) is 0 Å². The van der Waals surface area contributed by atoms with Gasteiger partial charge in [-0.25, -0.2) is 9.97 Å². The van der Waals surface area contributed by atoms with Crippen molar-refractivity contribution in [2.75, 3.05) is 12.8 Å². The summed E-state index contributed by atoms with van der Waals surface area (Å²) >= 11 is 7.34. The molecule has 0 fully saturated rings. The Labute approximate surface area is 115 Å². The van der Waals surface area contributed by atoms with Gasteiger partial charge in [0.25, 0.3) is 0 Å². The summed E-state index contributed by atoms with van der Waals surface area (Å²) in [5, 5.41) is 1.50. The molecule has 0 aliphatic heterocycles. The molecule has 1 heterocycles. The van der Waals surface area contributed by atoms with Crippen molar-refractivity contribution in [1.82, 2.24) is 9.97 Å². The quantitative estimate of drug-likeness (QED) is 0.873. The van der Waals surface area contributed by atoms with Crippen LogP contribution in [0.1, 0.15) is 5.82 Å². The van der Waals surface area contributed by atoms with Gasteiger partial charge >= 0.3 is 0 Å². The first-order valence-electron chi connectivity index (χ1n) is 5.23. The SMILES string of the molecule is COCc1nc(N)cc(Sc2ccc(Cl)cc2)n1. The Morgan fingerprint density at radius 2 is 2.00 bits per heavy atom. The molecule has 0 bridgehead atoms. The Kier molecular flexibility index (Phi) is 4.41. The summed E-state index contributed by atoms with van der Waals surface area (Å²) in [5.41, 5.74) is 5.73. The van der Waals surface area contributed by atoms with Gasteiger partial charge in [0, 0.05) is 23.1 Å². The predicted octanol–water partition coefficient (Wildman–Crippen LogP) is 3.01. The fourth-order valence-electron chi connectivity index (χ4n) is 1.36. The molecular weight excluding hydrogens is 270 g/mol. The highest BCUT2D eigenvalue weighted by Crippen LogP contribution is 2.27. The van der Waals surface area contributed by atoms with Gasteiger partial charge in [-0.3, -0.25) is 0 Å². The van der Waals surface area contributed by atoms with Crippen LogP contribution in [0.3, 0.4) is 0 Å². The predicted molar refractivity (Wildman–Crippen MR) is 72.7 cm³/mol. The zero-order valence-corrected chi connectivity index (χ0v) is 11.3. The highest BCUT2D eigenvalue weighted by atomic mass is 35.5. The first-order chi connectivity index (χ1) is 8.67. The molecule has 0 unspecified atom stereocenters. The Morgan fingerprint density at radius 3 is 2.67 bits per heavy atom. The molecule has 0 aliphatic carbocycles. The number of nitrogens with two attached hydrogens (primary N) is 1. The van der Waals surface area contributed by atoms with Crippen molar-refractivity contribution in [2.45, 2.75) is 16.5 Å². The first kappa shape index (κ1) is 13.1. The van der Waals surface area contributed by atoms with Gasteiger partial charge in [0.15, 0.2) is 5.82 Å². The molecule has 18 heavy (non-hydrogen) atoms. The highest BCUT2D eigenvalue weighted by Gasteiger charge is 2.04. The van der Waals surface area contributed by atoms with Crippen LogP contribution in [0.2, 0.25) is 5.02 Å². The summed E-state index contributed by atoms with van der Waals surface area (Å²) in [6, 6.07) is 9.27. The lowest BCUT2D eigenvalue weighted by Crippen LogP contribution is -2.01. The van der Waals surface area contributed by atoms with Crippen molar-refractivity contribution in [1.29, 1.82) is 0 Å². The topological polar surface area (TPSA) is 61.0 Å². The van der Waals surface area contributed by atoms with E-state index in [1.165, 1.54) is 11.8 Å². The van der Waals surface area contributed by atoms with E-state index in [1.807, 2.05) is 24.3 Å². The number of halogens is 1. The number of anilines is 1. The van der Waals surface area contributed by atoms with E-state index in [9.17, 15) is 0 Å². The van der Waals surface area contributed by atoms with Crippen LogP contribution >= 0.6 is 23.4 Å². The van der Waals surface area contributed by atoms with E-state index in [4.69, 9.17) is 22.1 Å². The van der Waals surface area contributed by atoms with Gasteiger partial charge in [0.05, 0.1) is 0 Å². The van der Waals surface area contributed by atoms with Gasteiger partial charge in [-0.05, 0) is 24.3 Å². The van der Waals surface area contributed by atoms with Crippen molar-refractivity contribution >= 4 is 29.2 Å². The summed E-state index contributed by atoms with van der Waals surface area (Å²) < 4.78 is 5.00. The smallest absolute Gasteiger partial charge is 0.157 e. The lowest BCUT2D eigenvalue weighted by Gasteiger charge is -2.05. The molecule has 0 amide bonds. The van der Waals surface area contributed by atoms with Crippen molar-refractivity contribution in [3.05, 3.63) is 41.2 Å². The van der Waals surface area contributed by atoms with Crippen molar-refractivity contribution < 1.29 is 4.74 Å². The lowest BCUT2D eigenvalue weighted by molar-refractivity contribution is 0.177. The fraction of sp³-hybridized carbons (Fsp3) is 0.167. The summed E-state index contributed by atoms with van der Waals surface area (Å²) in [7, 11) is 1.60. The summed E-state index contributed by atoms with van der Waals surface area (Å²) in [6.07, 6.45) is 0. The molecule has 0 radical (unpaired) electrons. The maximum absolute atomic E-state index is 5.83. The van der Waals surface area contributed by atoms with Crippen molar-refractivity contribution in [3.8, 4) is 0 Å². The zero-order chi connectivity index (χ0) is 13.0. The van der Waals surface area contributed by atoms with Crippen LogP contribution in [-0.2, 0) is 11.3 Å². The van der Waals surface area contributed by atoms with Gasteiger partial charge in [0.2, 0.25) is 0 Å². The van der Waals surface area contributed by atoms with E-state index in [1.54, 1.807) is 13.2 Å². The van der Waals surface area contributed by atoms with Crippen molar-refractivity contribution in [2.24, 2.45) is 0 Å². The molecule has 2 rings (SSSR count). The summed E-state index contributed by atoms with van der Waals surface area (Å²) in [5.74, 6) is 1.02. The average Bonchev–Trinajstić information content (AvgIpc) is 2.32. The van der Waals surface area contributed by atoms with E-state index in [0.717, 1.165) is 9.92 Å². The van der Waals surface area contributed by atoms with E-state index in [-0.39, 0.29) is 0 Å². The van der Waals surface area contributed by atoms with Crippen LogP contribution in [0.15, 0.2) is 40.3 Å². The van der Waals surface area contributed by atoms with Gasteiger partial charge in [-0.15, -0.1) is 0 Å². The minimum atomic E-state index is 0.346. The third-order valence-electron chi connectivity index (χ3n) is 2.08. The summed E-state index contributed by atoms with van der Waals surface area (Å²) in [4.78, 5) is 9.48. The molecule has 6 heteroatoms. The van der Waals surface area contributed by atoms with E-state index >= 15 is 0 Å². The number of hydrogen-bond acceptors (Lipinski definition) is 5. The number of nitrogen functional groups attached to an aromatic ring is 1. The average molecular weight is 282 g/mol. The molecule has 0 saturated heterocycles. The maximum atomic E-state index is 5.83. The van der Waals surface area contributed by atoms with E-state index < -0.39 is 0 Å². The molecule has 0 atom stereocenters. The van der Waals surface area contributed by atoms with Gasteiger partial charge in [0.1, 0.15) is 17.5 Å². The molecule has 0 saturated carbocycles. The summed E-state index contributed by atoms with van der Waals surface area (Å²) in [6.45, 7) is 0.346. The first-order valence-corrected chi connectivity index (χ1v) is 6.42. The molecule has 2 N–H and O–H groups in total. The second-order valence-electron chi connectivity index (χ2n) is 3.54. The number of rotatable bonds is 4. The number of ether oxygens (including phenoxy) is 1. The standard InChI is InChI=1S/C12H12ClN3OS/c1-17-7-11-15-10(14)6-12(16-11)18-9-4-2-8(13)3-5-9/h2-6H,7H2,1H3,(H2,14,15,16). The fourth-order valence-corrected chi connectivity index (χ4v) is 2.33. The van der Waals surface area contributed by atoms with Crippen LogP contribution < -0.4 is 5.73 Å². The van der Waals surface area contributed by atoms with Crippen LogP contribution in [0.25, 0.3) is 0 Å². The van der Waals surface area contributed by atoms with E-state index in [0.29, 0.717) is 23.3 Å². The molecular formula is C12H12ClN3OS. The number of nitrogens with zero attached hydrogens (tertiary/aromatic N) is 2. The third kappa shape index (κ3) is 3.60. The molecule has 94 valence electrons. The number of methoxy groups -OCH3 is 1. The number of hydrogen-bond donors (Lipinski definition) is 1. The van der Waals surface area contributed by atoms with Crippen LogP contribution in [0.5, 0.6) is 0 Å². The molecule has 2 aromatic rings. The third-order valence-corrected chi connectivity index (χ3v) is 3.26. The molecule has 1 aromatic heterocycles. The van der Waals surface area contributed by atoms with Crippen LogP contribution in [0, 0.1) is 0 Å². The van der Waals surface area contributed by atoms with Crippen LogP contribution in [0.4, 0.5) is 5.82 Å². The lowest BCUT2D eigenvalue weighted by atomic mass is 10.4.